The lowest BCUT2D eigenvalue weighted by molar-refractivity contribution is 0.663. The molecule has 0 bridgehead atoms. The minimum Gasteiger partial charge on any atom is -0.311 e. The molecule has 0 radical (unpaired) electrons. The molecule has 1 N–H and O–H groups in total. The van der Waals surface area contributed by atoms with Gasteiger partial charge in [0.1, 0.15) is 0 Å². The normalized spacial score (nSPS) is 17.7. The number of rotatable bonds is 5. The maximum atomic E-state index is 3.54. The van der Waals surface area contributed by atoms with E-state index >= 15 is 0 Å². The Balaban J connectivity index is 1.76. The topological polar surface area (TPSA) is 12.0 Å². The van der Waals surface area contributed by atoms with Gasteiger partial charge in [-0.15, -0.1) is 0 Å². The molecule has 0 saturated heterocycles. The Kier molecular flexibility index (Phi) is 3.75. The van der Waals surface area contributed by atoms with E-state index in [2.05, 4.69) is 51.8 Å². The molecule has 1 aliphatic rings. The van der Waals surface area contributed by atoms with E-state index in [-0.39, 0.29) is 0 Å². The molecule has 0 amide bonds. The Bertz CT molecular complexity index is 319. The lowest BCUT2D eigenvalue weighted by atomic mass is 10.2. The highest BCUT2D eigenvalue weighted by atomic mass is 79.9. The van der Waals surface area contributed by atoms with Crippen LogP contribution in [0.2, 0.25) is 0 Å². The van der Waals surface area contributed by atoms with Crippen molar-refractivity contribution in [1.82, 2.24) is 5.32 Å². The van der Waals surface area contributed by atoms with Crippen molar-refractivity contribution < 1.29 is 0 Å². The summed E-state index contributed by atoms with van der Waals surface area (Å²) in [7, 11) is 0. The molecule has 15 heavy (non-hydrogen) atoms. The number of hydrogen-bond donors (Lipinski definition) is 1. The van der Waals surface area contributed by atoms with Crippen molar-refractivity contribution in [2.75, 3.05) is 12.8 Å². The Morgan fingerprint density at radius 2 is 2.00 bits per heavy atom. The average molecular weight is 286 g/mol. The Hall–Kier alpha value is 0.01000. The fourth-order valence-electron chi connectivity index (χ4n) is 1.63. The highest BCUT2D eigenvalue weighted by molar-refractivity contribution is 9.10. The minimum atomic E-state index is 0.565. The summed E-state index contributed by atoms with van der Waals surface area (Å²) in [6.45, 7) is 2.12. The summed E-state index contributed by atoms with van der Waals surface area (Å²) in [5, 5.41) is 3.54. The molecule has 3 heteroatoms. The third-order valence-electron chi connectivity index (χ3n) is 2.93. The second-order valence-corrected chi connectivity index (χ2v) is 6.31. The lowest BCUT2D eigenvalue weighted by Gasteiger charge is -2.12. The van der Waals surface area contributed by atoms with Gasteiger partial charge in [-0.3, -0.25) is 0 Å². The lowest BCUT2D eigenvalue weighted by Crippen LogP contribution is -2.25. The summed E-state index contributed by atoms with van der Waals surface area (Å²) in [5.74, 6) is 0. The monoisotopic (exact) mass is 285 g/mol. The smallest absolute Gasteiger partial charge is 0.0282 e. The number of halogens is 1. The molecule has 0 aromatic heterocycles. The summed E-state index contributed by atoms with van der Waals surface area (Å²) in [4.78, 5) is 0. The second-order valence-electron chi connectivity index (χ2n) is 4.12. The molecule has 1 fully saturated rings. The summed E-state index contributed by atoms with van der Waals surface area (Å²) in [6, 6.07) is 8.52. The van der Waals surface area contributed by atoms with E-state index in [1.54, 1.807) is 0 Å². The maximum Gasteiger partial charge on any atom is 0.0282 e. The van der Waals surface area contributed by atoms with Crippen LogP contribution in [-0.2, 0) is 6.54 Å². The van der Waals surface area contributed by atoms with Gasteiger partial charge in [-0.05, 0) is 36.8 Å². The van der Waals surface area contributed by atoms with Crippen LogP contribution < -0.4 is 5.32 Å². The molecule has 2 rings (SSSR count). The van der Waals surface area contributed by atoms with E-state index in [0.29, 0.717) is 4.75 Å². The van der Waals surface area contributed by atoms with Crippen molar-refractivity contribution in [2.45, 2.75) is 24.1 Å². The van der Waals surface area contributed by atoms with Crippen molar-refractivity contribution in [3.05, 3.63) is 34.3 Å². The van der Waals surface area contributed by atoms with Crippen LogP contribution in [0.15, 0.2) is 28.7 Å². The van der Waals surface area contributed by atoms with Gasteiger partial charge in [-0.2, -0.15) is 11.8 Å². The fourth-order valence-corrected chi connectivity index (χ4v) is 2.65. The molecule has 1 aromatic carbocycles. The first kappa shape index (κ1) is 11.5. The van der Waals surface area contributed by atoms with Gasteiger partial charge in [-0.1, -0.05) is 28.1 Å². The SMILES string of the molecule is CSC1(CNCc2ccc(Br)cc2)CC1. The quantitative estimate of drug-likeness (QED) is 0.890. The van der Waals surface area contributed by atoms with Crippen molar-refractivity contribution in [3.63, 3.8) is 0 Å². The first-order valence-corrected chi connectivity index (χ1v) is 7.26. The van der Waals surface area contributed by atoms with Crippen LogP contribution in [0.5, 0.6) is 0 Å². The molecule has 0 unspecified atom stereocenters. The molecule has 0 aliphatic heterocycles. The van der Waals surface area contributed by atoms with Gasteiger partial charge in [0.15, 0.2) is 0 Å². The molecule has 0 atom stereocenters. The molecule has 1 aliphatic carbocycles. The summed E-state index contributed by atoms with van der Waals surface area (Å²) >= 11 is 5.45. The molecule has 1 aromatic rings. The van der Waals surface area contributed by atoms with Gasteiger partial charge >= 0.3 is 0 Å². The molecule has 1 saturated carbocycles. The fraction of sp³-hybridized carbons (Fsp3) is 0.500. The van der Waals surface area contributed by atoms with Gasteiger partial charge < -0.3 is 5.32 Å². The number of nitrogens with one attached hydrogen (secondary N) is 1. The van der Waals surface area contributed by atoms with Crippen LogP contribution in [0.1, 0.15) is 18.4 Å². The van der Waals surface area contributed by atoms with Gasteiger partial charge in [-0.25, -0.2) is 0 Å². The van der Waals surface area contributed by atoms with E-state index < -0.39 is 0 Å². The molecule has 0 heterocycles. The van der Waals surface area contributed by atoms with Crippen LogP contribution >= 0.6 is 27.7 Å². The van der Waals surface area contributed by atoms with Crippen LogP contribution in [-0.4, -0.2) is 17.5 Å². The van der Waals surface area contributed by atoms with Gasteiger partial charge in [0, 0.05) is 22.3 Å². The zero-order valence-electron chi connectivity index (χ0n) is 8.92. The van der Waals surface area contributed by atoms with E-state index in [1.165, 1.54) is 18.4 Å². The zero-order chi connectivity index (χ0) is 10.7. The predicted octanol–water partition coefficient (Wildman–Crippen LogP) is 3.43. The Morgan fingerprint density at radius 3 is 2.53 bits per heavy atom. The van der Waals surface area contributed by atoms with Crippen molar-refractivity contribution >= 4 is 27.7 Å². The van der Waals surface area contributed by atoms with Crippen LogP contribution in [0.4, 0.5) is 0 Å². The highest BCUT2D eigenvalue weighted by Crippen LogP contribution is 2.46. The van der Waals surface area contributed by atoms with Crippen molar-refractivity contribution in [1.29, 1.82) is 0 Å². The van der Waals surface area contributed by atoms with Crippen molar-refractivity contribution in [2.24, 2.45) is 0 Å². The predicted molar refractivity (Wildman–Crippen MR) is 71.3 cm³/mol. The first-order valence-electron chi connectivity index (χ1n) is 5.24. The van der Waals surface area contributed by atoms with Gasteiger partial charge in [0.2, 0.25) is 0 Å². The third kappa shape index (κ3) is 3.23. The van der Waals surface area contributed by atoms with E-state index in [0.717, 1.165) is 17.6 Å². The van der Waals surface area contributed by atoms with E-state index in [1.807, 2.05) is 11.8 Å². The van der Waals surface area contributed by atoms with Crippen LogP contribution in [0.25, 0.3) is 0 Å². The standard InChI is InChI=1S/C12H16BrNS/c1-15-12(6-7-12)9-14-8-10-2-4-11(13)5-3-10/h2-5,14H,6-9H2,1H3. The van der Waals surface area contributed by atoms with E-state index in [9.17, 15) is 0 Å². The maximum absolute atomic E-state index is 3.54. The van der Waals surface area contributed by atoms with Crippen LogP contribution in [0, 0.1) is 0 Å². The second kappa shape index (κ2) is 4.89. The number of thioether (sulfide) groups is 1. The Labute approximate surface area is 104 Å². The third-order valence-corrected chi connectivity index (χ3v) is 4.88. The average Bonchev–Trinajstić information content (AvgIpc) is 3.02. The van der Waals surface area contributed by atoms with Crippen molar-refractivity contribution in [3.8, 4) is 0 Å². The summed E-state index contributed by atoms with van der Waals surface area (Å²) in [5.41, 5.74) is 1.36. The first-order chi connectivity index (χ1) is 7.24. The molecular weight excluding hydrogens is 270 g/mol. The van der Waals surface area contributed by atoms with E-state index in [4.69, 9.17) is 0 Å². The molecular formula is C12H16BrNS. The number of benzene rings is 1. The Morgan fingerprint density at radius 1 is 1.33 bits per heavy atom. The summed E-state index contributed by atoms with van der Waals surface area (Å²) in [6.07, 6.45) is 4.97. The molecule has 1 nitrogen and oxygen atoms in total. The van der Waals surface area contributed by atoms with Gasteiger partial charge in [0.05, 0.1) is 0 Å². The largest absolute Gasteiger partial charge is 0.311 e. The molecule has 0 spiro atoms. The zero-order valence-corrected chi connectivity index (χ0v) is 11.3. The highest BCUT2D eigenvalue weighted by Gasteiger charge is 2.41. The number of hydrogen-bond acceptors (Lipinski definition) is 2. The van der Waals surface area contributed by atoms with Gasteiger partial charge in [0.25, 0.3) is 0 Å². The molecule has 82 valence electrons. The minimum absolute atomic E-state index is 0.565. The summed E-state index contributed by atoms with van der Waals surface area (Å²) < 4.78 is 1.71. The van der Waals surface area contributed by atoms with Crippen LogP contribution in [0.3, 0.4) is 0 Å².